The molecule has 0 amide bonds. The van der Waals surface area contributed by atoms with Crippen LogP contribution < -0.4 is 0 Å². The van der Waals surface area contributed by atoms with E-state index >= 15 is 0 Å². The Kier molecular flexibility index (Phi) is 5.13. The van der Waals surface area contributed by atoms with E-state index in [1.165, 1.54) is 0 Å². The highest BCUT2D eigenvalue weighted by atomic mass is 16.5. The van der Waals surface area contributed by atoms with Crippen LogP contribution in [0.5, 0.6) is 0 Å². The number of esters is 1. The van der Waals surface area contributed by atoms with E-state index < -0.39 is 0 Å². The minimum atomic E-state index is -0.176. The predicted molar refractivity (Wildman–Crippen MR) is 58.2 cm³/mol. The highest BCUT2D eigenvalue weighted by molar-refractivity contribution is 5.75. The number of carbonyl (C=O) groups is 1. The molecule has 0 saturated heterocycles. The van der Waals surface area contributed by atoms with E-state index in [1.807, 2.05) is 20.9 Å². The molecule has 0 aromatic carbocycles. The largest absolute Gasteiger partial charge is 0.465 e. The van der Waals surface area contributed by atoms with Gasteiger partial charge in [0, 0.05) is 5.54 Å². The van der Waals surface area contributed by atoms with Gasteiger partial charge in [-0.25, -0.2) is 0 Å². The Bertz CT molecular complexity index is 190. The monoisotopic (exact) mass is 201 g/mol. The minimum absolute atomic E-state index is 0.0339. The fourth-order valence-corrected chi connectivity index (χ4v) is 1.19. The average Bonchev–Trinajstić information content (AvgIpc) is 2.15. The number of hydrogen-bond donors (Lipinski definition) is 0. The summed E-state index contributed by atoms with van der Waals surface area (Å²) in [6, 6.07) is -0.176. The van der Waals surface area contributed by atoms with E-state index in [1.54, 1.807) is 0 Å². The van der Waals surface area contributed by atoms with Crippen molar-refractivity contribution in [1.29, 1.82) is 0 Å². The molecule has 0 rings (SSSR count). The normalized spacial score (nSPS) is 14.2. The lowest BCUT2D eigenvalue weighted by molar-refractivity contribution is -0.150. The van der Waals surface area contributed by atoms with Crippen LogP contribution in [-0.2, 0) is 9.53 Å². The number of nitrogens with zero attached hydrogens (tertiary/aromatic N) is 1. The maximum absolute atomic E-state index is 11.5. The van der Waals surface area contributed by atoms with Crippen LogP contribution in [0.3, 0.4) is 0 Å². The van der Waals surface area contributed by atoms with Crippen molar-refractivity contribution in [2.45, 2.75) is 52.6 Å². The SMILES string of the molecule is CCOC(=O)C(C)N(C)C(C)(C)CC. The van der Waals surface area contributed by atoms with Crippen molar-refractivity contribution in [3.05, 3.63) is 0 Å². The van der Waals surface area contributed by atoms with Gasteiger partial charge < -0.3 is 4.74 Å². The van der Waals surface area contributed by atoms with Crippen LogP contribution in [0.15, 0.2) is 0 Å². The molecule has 0 aromatic heterocycles. The second-order valence-electron chi connectivity index (χ2n) is 4.20. The number of likely N-dealkylation sites (N-methyl/N-ethyl adjacent to an activating group) is 1. The van der Waals surface area contributed by atoms with E-state index in [2.05, 4.69) is 25.7 Å². The van der Waals surface area contributed by atoms with E-state index in [4.69, 9.17) is 4.74 Å². The highest BCUT2D eigenvalue weighted by Crippen LogP contribution is 2.19. The number of rotatable bonds is 5. The maximum atomic E-state index is 11.5. The molecular formula is C11H23NO2. The van der Waals surface area contributed by atoms with Gasteiger partial charge in [-0.05, 0) is 41.2 Å². The summed E-state index contributed by atoms with van der Waals surface area (Å²) in [5.74, 6) is -0.142. The van der Waals surface area contributed by atoms with Crippen molar-refractivity contribution in [3.8, 4) is 0 Å². The molecule has 0 radical (unpaired) electrons. The summed E-state index contributed by atoms with van der Waals surface area (Å²) in [6.45, 7) is 10.5. The van der Waals surface area contributed by atoms with Gasteiger partial charge in [0.15, 0.2) is 0 Å². The highest BCUT2D eigenvalue weighted by Gasteiger charge is 2.29. The van der Waals surface area contributed by atoms with Crippen LogP contribution in [0.2, 0.25) is 0 Å². The molecule has 0 aromatic rings. The lowest BCUT2D eigenvalue weighted by atomic mass is 9.98. The average molecular weight is 201 g/mol. The van der Waals surface area contributed by atoms with E-state index in [0.717, 1.165) is 6.42 Å². The van der Waals surface area contributed by atoms with Crippen molar-refractivity contribution in [1.82, 2.24) is 4.90 Å². The van der Waals surface area contributed by atoms with Gasteiger partial charge in [-0.3, -0.25) is 9.69 Å². The van der Waals surface area contributed by atoms with Crippen molar-refractivity contribution >= 4 is 5.97 Å². The van der Waals surface area contributed by atoms with E-state index in [-0.39, 0.29) is 17.6 Å². The zero-order valence-electron chi connectivity index (χ0n) is 10.3. The Balaban J connectivity index is 4.38. The van der Waals surface area contributed by atoms with Gasteiger partial charge in [-0.2, -0.15) is 0 Å². The first-order valence-electron chi connectivity index (χ1n) is 5.26. The predicted octanol–water partition coefficient (Wildman–Crippen LogP) is 2.06. The van der Waals surface area contributed by atoms with Crippen molar-refractivity contribution in [3.63, 3.8) is 0 Å². The molecule has 0 spiro atoms. The second kappa shape index (κ2) is 5.35. The third-order valence-corrected chi connectivity index (χ3v) is 3.03. The van der Waals surface area contributed by atoms with Crippen molar-refractivity contribution in [2.75, 3.05) is 13.7 Å². The first-order chi connectivity index (χ1) is 6.36. The summed E-state index contributed by atoms with van der Waals surface area (Å²) in [5.41, 5.74) is 0.0339. The van der Waals surface area contributed by atoms with E-state index in [9.17, 15) is 4.79 Å². The Hall–Kier alpha value is -0.570. The molecule has 0 bridgehead atoms. The van der Waals surface area contributed by atoms with Crippen LogP contribution in [-0.4, -0.2) is 36.1 Å². The summed E-state index contributed by atoms with van der Waals surface area (Å²) in [4.78, 5) is 13.5. The second-order valence-corrected chi connectivity index (χ2v) is 4.20. The van der Waals surface area contributed by atoms with Gasteiger partial charge in [-0.15, -0.1) is 0 Å². The summed E-state index contributed by atoms with van der Waals surface area (Å²) in [5, 5.41) is 0. The molecule has 3 heteroatoms. The maximum Gasteiger partial charge on any atom is 0.323 e. The molecule has 0 aliphatic rings. The molecule has 0 aliphatic heterocycles. The molecule has 0 saturated carbocycles. The molecule has 0 aliphatic carbocycles. The first kappa shape index (κ1) is 13.4. The lowest BCUT2D eigenvalue weighted by Gasteiger charge is -2.37. The Morgan fingerprint density at radius 2 is 1.93 bits per heavy atom. The third-order valence-electron chi connectivity index (χ3n) is 3.03. The summed E-state index contributed by atoms with van der Waals surface area (Å²) in [7, 11) is 1.96. The van der Waals surface area contributed by atoms with Crippen LogP contribution in [0.25, 0.3) is 0 Å². The van der Waals surface area contributed by atoms with Gasteiger partial charge in [0.2, 0.25) is 0 Å². The summed E-state index contributed by atoms with van der Waals surface area (Å²) >= 11 is 0. The minimum Gasteiger partial charge on any atom is -0.465 e. The molecule has 84 valence electrons. The zero-order valence-corrected chi connectivity index (χ0v) is 10.3. The van der Waals surface area contributed by atoms with Gasteiger partial charge in [0.25, 0.3) is 0 Å². The Morgan fingerprint density at radius 1 is 1.43 bits per heavy atom. The number of carbonyl (C=O) groups excluding carboxylic acids is 1. The Labute approximate surface area is 87.4 Å². The molecule has 14 heavy (non-hydrogen) atoms. The van der Waals surface area contributed by atoms with Crippen LogP contribution in [0.4, 0.5) is 0 Å². The fraction of sp³-hybridized carbons (Fsp3) is 0.909. The van der Waals surface area contributed by atoms with Gasteiger partial charge in [0.05, 0.1) is 6.61 Å². The molecule has 0 N–H and O–H groups in total. The summed E-state index contributed by atoms with van der Waals surface area (Å²) < 4.78 is 4.98. The van der Waals surface area contributed by atoms with Crippen LogP contribution in [0.1, 0.15) is 41.0 Å². The van der Waals surface area contributed by atoms with Gasteiger partial charge in [0.1, 0.15) is 6.04 Å². The van der Waals surface area contributed by atoms with Crippen LogP contribution in [0, 0.1) is 0 Å². The molecule has 1 unspecified atom stereocenters. The standard InChI is InChI=1S/C11H23NO2/c1-7-11(4,5)12(6)9(3)10(13)14-8-2/h9H,7-8H2,1-6H3. The van der Waals surface area contributed by atoms with Crippen molar-refractivity contribution in [2.24, 2.45) is 0 Å². The first-order valence-corrected chi connectivity index (χ1v) is 5.26. The van der Waals surface area contributed by atoms with Crippen molar-refractivity contribution < 1.29 is 9.53 Å². The number of hydrogen-bond acceptors (Lipinski definition) is 3. The lowest BCUT2D eigenvalue weighted by Crippen LogP contribution is -2.49. The number of ether oxygens (including phenoxy) is 1. The molecule has 0 fully saturated rings. The third kappa shape index (κ3) is 3.29. The van der Waals surface area contributed by atoms with Gasteiger partial charge in [-0.1, -0.05) is 6.92 Å². The molecular weight excluding hydrogens is 178 g/mol. The zero-order chi connectivity index (χ0) is 11.4. The topological polar surface area (TPSA) is 29.5 Å². The smallest absolute Gasteiger partial charge is 0.323 e. The molecule has 3 nitrogen and oxygen atoms in total. The van der Waals surface area contributed by atoms with Gasteiger partial charge >= 0.3 is 5.97 Å². The fourth-order valence-electron chi connectivity index (χ4n) is 1.19. The Morgan fingerprint density at radius 3 is 2.29 bits per heavy atom. The molecule has 0 heterocycles. The van der Waals surface area contributed by atoms with Crippen LogP contribution >= 0.6 is 0 Å². The van der Waals surface area contributed by atoms with E-state index in [0.29, 0.717) is 6.61 Å². The molecule has 1 atom stereocenters. The quantitative estimate of drug-likeness (QED) is 0.638. The summed E-state index contributed by atoms with van der Waals surface area (Å²) in [6.07, 6.45) is 1.01.